The highest BCUT2D eigenvalue weighted by molar-refractivity contribution is 5.46. The summed E-state index contributed by atoms with van der Waals surface area (Å²) in [4.78, 5) is 4.12. The first kappa shape index (κ1) is 11.9. The summed E-state index contributed by atoms with van der Waals surface area (Å²) >= 11 is 0. The van der Waals surface area contributed by atoms with Gasteiger partial charge >= 0.3 is 0 Å². The molecular formula is C14H13N3O. The number of rotatable bonds is 3. The lowest BCUT2D eigenvalue weighted by atomic mass is 10.2. The molecule has 0 bridgehead atoms. The fraction of sp³-hybridized carbons (Fsp3) is 0.143. The Kier molecular flexibility index (Phi) is 3.44. The lowest BCUT2D eigenvalue weighted by Gasteiger charge is -2.08. The van der Waals surface area contributed by atoms with Gasteiger partial charge in [-0.15, -0.1) is 0 Å². The first-order valence-corrected chi connectivity index (χ1v) is 5.54. The highest BCUT2D eigenvalue weighted by Crippen LogP contribution is 2.20. The lowest BCUT2D eigenvalue weighted by molar-refractivity contribution is 0.307. The molecule has 90 valence electrons. The molecule has 0 radical (unpaired) electrons. The largest absolute Gasteiger partial charge is 0.485 e. The van der Waals surface area contributed by atoms with Gasteiger partial charge < -0.3 is 10.5 Å². The second-order valence-electron chi connectivity index (χ2n) is 3.93. The predicted octanol–water partition coefficient (Wildman–Crippen LogP) is 2.42. The molecule has 2 aromatic rings. The first-order valence-electron chi connectivity index (χ1n) is 5.54. The molecule has 0 amide bonds. The number of aryl methyl sites for hydroxylation is 1. The summed E-state index contributed by atoms with van der Waals surface area (Å²) in [6.07, 6.45) is 0. The van der Waals surface area contributed by atoms with Crippen LogP contribution in [0.4, 0.5) is 5.82 Å². The molecule has 0 spiro atoms. The number of pyridine rings is 1. The fourth-order valence-electron chi connectivity index (χ4n) is 1.52. The Bertz CT molecular complexity index is 585. The molecule has 4 nitrogen and oxygen atoms in total. The van der Waals surface area contributed by atoms with Crippen LogP contribution in [0.15, 0.2) is 36.4 Å². The van der Waals surface area contributed by atoms with E-state index in [1.807, 2.05) is 25.1 Å². The van der Waals surface area contributed by atoms with E-state index in [2.05, 4.69) is 11.1 Å². The summed E-state index contributed by atoms with van der Waals surface area (Å²) in [6.45, 7) is 2.28. The Balaban J connectivity index is 2.04. The molecular weight excluding hydrogens is 226 g/mol. The minimum Gasteiger partial charge on any atom is -0.485 e. The third-order valence-corrected chi connectivity index (χ3v) is 2.50. The number of anilines is 1. The highest BCUT2D eigenvalue weighted by Gasteiger charge is 2.02. The van der Waals surface area contributed by atoms with Gasteiger partial charge in [0.25, 0.3) is 0 Å². The van der Waals surface area contributed by atoms with Crippen LogP contribution in [0, 0.1) is 18.3 Å². The van der Waals surface area contributed by atoms with Gasteiger partial charge in [0.2, 0.25) is 0 Å². The predicted molar refractivity (Wildman–Crippen MR) is 68.9 cm³/mol. The molecule has 1 aromatic heterocycles. The van der Waals surface area contributed by atoms with Gasteiger partial charge in [-0.1, -0.05) is 12.1 Å². The minimum absolute atomic E-state index is 0.392. The van der Waals surface area contributed by atoms with Gasteiger partial charge in [0.1, 0.15) is 6.61 Å². The zero-order chi connectivity index (χ0) is 13.0. The van der Waals surface area contributed by atoms with Gasteiger partial charge in [-0.25, -0.2) is 4.98 Å². The van der Waals surface area contributed by atoms with E-state index in [4.69, 9.17) is 15.7 Å². The minimum atomic E-state index is 0.392. The monoisotopic (exact) mass is 239 g/mol. The number of nitriles is 1. The Morgan fingerprint density at radius 3 is 2.56 bits per heavy atom. The van der Waals surface area contributed by atoms with Crippen molar-refractivity contribution in [2.45, 2.75) is 13.5 Å². The number of nitrogens with zero attached hydrogens (tertiary/aromatic N) is 2. The van der Waals surface area contributed by atoms with E-state index in [0.29, 0.717) is 23.7 Å². The Hall–Kier alpha value is -2.54. The second-order valence-corrected chi connectivity index (χ2v) is 3.93. The Morgan fingerprint density at radius 1 is 1.22 bits per heavy atom. The maximum atomic E-state index is 8.69. The van der Waals surface area contributed by atoms with Gasteiger partial charge in [-0.3, -0.25) is 0 Å². The molecule has 0 atom stereocenters. The van der Waals surface area contributed by atoms with Crippen LogP contribution in [0.25, 0.3) is 0 Å². The van der Waals surface area contributed by atoms with Gasteiger partial charge in [-0.05, 0) is 36.8 Å². The van der Waals surface area contributed by atoms with E-state index >= 15 is 0 Å². The van der Waals surface area contributed by atoms with Crippen LogP contribution in [-0.2, 0) is 6.61 Å². The van der Waals surface area contributed by atoms with Crippen molar-refractivity contribution in [2.24, 2.45) is 0 Å². The lowest BCUT2D eigenvalue weighted by Crippen LogP contribution is -2.01. The molecule has 1 aromatic carbocycles. The molecule has 0 fully saturated rings. The molecule has 2 N–H and O–H groups in total. The van der Waals surface area contributed by atoms with Crippen molar-refractivity contribution in [3.63, 3.8) is 0 Å². The van der Waals surface area contributed by atoms with E-state index in [0.717, 1.165) is 11.3 Å². The molecule has 2 rings (SSSR count). The molecule has 0 aliphatic carbocycles. The summed E-state index contributed by atoms with van der Waals surface area (Å²) < 4.78 is 5.58. The Morgan fingerprint density at radius 2 is 1.94 bits per heavy atom. The maximum Gasteiger partial charge on any atom is 0.166 e. The number of ether oxygens (including phenoxy) is 1. The SMILES string of the molecule is Cc1ccc(OCc2ccc(C#N)cc2)c(N)n1. The number of hydrogen-bond donors (Lipinski definition) is 1. The molecule has 0 saturated heterocycles. The average Bonchev–Trinajstić information content (AvgIpc) is 2.38. The van der Waals surface area contributed by atoms with Crippen molar-refractivity contribution < 1.29 is 4.74 Å². The molecule has 0 aliphatic rings. The summed E-state index contributed by atoms with van der Waals surface area (Å²) in [5, 5.41) is 8.69. The summed E-state index contributed by atoms with van der Waals surface area (Å²) in [6, 6.07) is 13.0. The van der Waals surface area contributed by atoms with Crippen molar-refractivity contribution in [3.05, 3.63) is 53.2 Å². The van der Waals surface area contributed by atoms with Crippen molar-refractivity contribution >= 4 is 5.82 Å². The van der Waals surface area contributed by atoms with Crippen molar-refractivity contribution in [1.29, 1.82) is 5.26 Å². The van der Waals surface area contributed by atoms with Crippen LogP contribution in [0.2, 0.25) is 0 Å². The standard InChI is InChI=1S/C14H13N3O/c1-10-2-7-13(14(16)17-10)18-9-12-5-3-11(8-15)4-6-12/h2-7H,9H2,1H3,(H2,16,17). The molecule has 4 heteroatoms. The first-order chi connectivity index (χ1) is 8.69. The fourth-order valence-corrected chi connectivity index (χ4v) is 1.52. The number of benzene rings is 1. The summed E-state index contributed by atoms with van der Waals surface area (Å²) in [7, 11) is 0. The molecule has 18 heavy (non-hydrogen) atoms. The van der Waals surface area contributed by atoms with Gasteiger partial charge in [-0.2, -0.15) is 5.26 Å². The summed E-state index contributed by atoms with van der Waals surface area (Å²) in [5.74, 6) is 0.966. The zero-order valence-corrected chi connectivity index (χ0v) is 10.1. The number of nitrogen functional groups attached to an aromatic ring is 1. The van der Waals surface area contributed by atoms with Gasteiger partial charge in [0.05, 0.1) is 11.6 Å². The summed E-state index contributed by atoms with van der Waals surface area (Å²) in [5.41, 5.74) is 8.23. The third kappa shape index (κ3) is 2.77. The maximum absolute atomic E-state index is 8.69. The molecule has 0 saturated carbocycles. The van der Waals surface area contributed by atoms with Gasteiger partial charge in [0.15, 0.2) is 11.6 Å². The number of aromatic nitrogens is 1. The smallest absolute Gasteiger partial charge is 0.166 e. The van der Waals surface area contributed by atoms with Crippen LogP contribution < -0.4 is 10.5 Å². The van der Waals surface area contributed by atoms with Crippen molar-refractivity contribution in [2.75, 3.05) is 5.73 Å². The molecule has 1 heterocycles. The molecule has 0 unspecified atom stereocenters. The molecule has 0 aliphatic heterocycles. The Labute approximate surface area is 106 Å². The number of hydrogen-bond acceptors (Lipinski definition) is 4. The van der Waals surface area contributed by atoms with Crippen LogP contribution in [-0.4, -0.2) is 4.98 Å². The second kappa shape index (κ2) is 5.19. The number of nitrogens with two attached hydrogens (primary N) is 1. The normalized spacial score (nSPS) is 9.78. The zero-order valence-electron chi connectivity index (χ0n) is 10.1. The van der Waals surface area contributed by atoms with Crippen molar-refractivity contribution in [3.8, 4) is 11.8 Å². The van der Waals surface area contributed by atoms with Crippen LogP contribution in [0.5, 0.6) is 5.75 Å². The van der Waals surface area contributed by atoms with Crippen molar-refractivity contribution in [1.82, 2.24) is 4.98 Å². The van der Waals surface area contributed by atoms with E-state index in [1.54, 1.807) is 18.2 Å². The average molecular weight is 239 g/mol. The van der Waals surface area contributed by atoms with Crippen LogP contribution >= 0.6 is 0 Å². The van der Waals surface area contributed by atoms with E-state index < -0.39 is 0 Å². The quantitative estimate of drug-likeness (QED) is 0.892. The van der Waals surface area contributed by atoms with Crippen LogP contribution in [0.1, 0.15) is 16.8 Å². The van der Waals surface area contributed by atoms with E-state index in [9.17, 15) is 0 Å². The van der Waals surface area contributed by atoms with E-state index in [1.165, 1.54) is 0 Å². The highest BCUT2D eigenvalue weighted by atomic mass is 16.5. The van der Waals surface area contributed by atoms with Crippen LogP contribution in [0.3, 0.4) is 0 Å². The third-order valence-electron chi connectivity index (χ3n) is 2.50. The topological polar surface area (TPSA) is 71.9 Å². The van der Waals surface area contributed by atoms with Gasteiger partial charge in [0, 0.05) is 5.69 Å². The van der Waals surface area contributed by atoms with E-state index in [-0.39, 0.29) is 0 Å².